The Bertz CT molecular complexity index is 139. The van der Waals surface area contributed by atoms with E-state index in [2.05, 4.69) is 11.9 Å². The average Bonchev–Trinajstić information content (AvgIpc) is 2.24. The minimum atomic E-state index is -1.34. The third-order valence-corrected chi connectivity index (χ3v) is 4.33. The van der Waals surface area contributed by atoms with Crippen LogP contribution < -0.4 is 5.32 Å². The summed E-state index contributed by atoms with van der Waals surface area (Å²) in [6.45, 7) is 11.3. The molecule has 0 bridgehead atoms. The molecule has 0 aromatic heterocycles. The van der Waals surface area contributed by atoms with E-state index < -0.39 is 9.28 Å². The molecule has 0 aliphatic heterocycles. The van der Waals surface area contributed by atoms with Gasteiger partial charge in [-0.2, -0.15) is 0 Å². The van der Waals surface area contributed by atoms with Gasteiger partial charge in [0.15, 0.2) is 0 Å². The molecular weight excluding hydrogens is 206 g/mol. The fourth-order valence-electron chi connectivity index (χ4n) is 1.35. The van der Waals surface area contributed by atoms with E-state index in [1.165, 1.54) is 12.8 Å². The summed E-state index contributed by atoms with van der Waals surface area (Å²) < 4.78 is 11.2. The van der Waals surface area contributed by atoms with Crippen LogP contribution in [-0.4, -0.2) is 35.6 Å². The molecule has 4 heteroatoms. The average molecular weight is 231 g/mol. The van der Waals surface area contributed by atoms with E-state index in [1.807, 2.05) is 19.9 Å². The molecule has 0 heterocycles. The number of nitrogens with one attached hydrogen (secondary N) is 1. The van der Waals surface area contributed by atoms with E-state index in [9.17, 15) is 0 Å². The maximum absolute atomic E-state index is 5.59. The molecule has 0 fully saturated rings. The topological polar surface area (TPSA) is 30.5 Å². The Balaban J connectivity index is 3.31. The second kappa shape index (κ2) is 11.9. The van der Waals surface area contributed by atoms with Crippen molar-refractivity contribution in [1.29, 1.82) is 0 Å². The van der Waals surface area contributed by atoms with E-state index in [-0.39, 0.29) is 0 Å². The van der Waals surface area contributed by atoms with Crippen molar-refractivity contribution in [2.75, 3.05) is 26.3 Å². The lowest BCUT2D eigenvalue weighted by Gasteiger charge is -2.14. The van der Waals surface area contributed by atoms with Crippen molar-refractivity contribution in [1.82, 2.24) is 5.32 Å². The number of unbranched alkanes of at least 4 members (excludes halogenated alkanes) is 1. The van der Waals surface area contributed by atoms with E-state index in [1.54, 1.807) is 0 Å². The maximum atomic E-state index is 5.59. The Morgan fingerprint density at radius 2 is 1.87 bits per heavy atom. The van der Waals surface area contributed by atoms with Crippen molar-refractivity contribution < 1.29 is 8.85 Å². The molecule has 1 N–H and O–H groups in total. The van der Waals surface area contributed by atoms with Crippen molar-refractivity contribution in [3.8, 4) is 0 Å². The van der Waals surface area contributed by atoms with E-state index in [0.29, 0.717) is 0 Å². The highest BCUT2D eigenvalue weighted by Crippen LogP contribution is 2.03. The minimum absolute atomic E-state index is 0.783. The zero-order chi connectivity index (χ0) is 11.4. The maximum Gasteiger partial charge on any atom is 0.321 e. The first-order valence-corrected chi connectivity index (χ1v) is 7.65. The van der Waals surface area contributed by atoms with Gasteiger partial charge in [0.1, 0.15) is 0 Å². The van der Waals surface area contributed by atoms with E-state index in [4.69, 9.17) is 8.85 Å². The largest absolute Gasteiger partial charge is 0.397 e. The van der Waals surface area contributed by atoms with Crippen LogP contribution in [0.5, 0.6) is 0 Å². The zero-order valence-corrected chi connectivity index (χ0v) is 11.3. The Labute approximate surface area is 95.7 Å². The summed E-state index contributed by atoms with van der Waals surface area (Å²) in [5.41, 5.74) is 0. The summed E-state index contributed by atoms with van der Waals surface area (Å²) in [7, 11) is -1.34. The van der Waals surface area contributed by atoms with E-state index >= 15 is 0 Å². The lowest BCUT2D eigenvalue weighted by molar-refractivity contribution is 0.212. The molecule has 0 radical (unpaired) electrons. The quantitative estimate of drug-likeness (QED) is 0.334. The molecule has 0 saturated carbocycles. The normalized spacial score (nSPS) is 10.9. The van der Waals surface area contributed by atoms with Crippen LogP contribution in [0.25, 0.3) is 0 Å². The van der Waals surface area contributed by atoms with Gasteiger partial charge in [0.05, 0.1) is 0 Å². The molecule has 0 saturated heterocycles. The van der Waals surface area contributed by atoms with Gasteiger partial charge in [0, 0.05) is 19.8 Å². The first-order valence-electron chi connectivity index (χ1n) is 5.89. The Morgan fingerprint density at radius 3 is 2.40 bits per heavy atom. The van der Waals surface area contributed by atoms with Crippen LogP contribution in [0.4, 0.5) is 0 Å². The summed E-state index contributed by atoms with van der Waals surface area (Å²) in [4.78, 5) is 0. The van der Waals surface area contributed by atoms with Gasteiger partial charge in [0.2, 0.25) is 0 Å². The van der Waals surface area contributed by atoms with Gasteiger partial charge < -0.3 is 14.2 Å². The molecular formula is C11H25NO2Si. The van der Waals surface area contributed by atoms with Gasteiger partial charge in [-0.05, 0) is 32.9 Å². The lowest BCUT2D eigenvalue weighted by Crippen LogP contribution is -2.23. The lowest BCUT2D eigenvalue weighted by atomic mass is 10.3. The number of hydrogen-bond acceptors (Lipinski definition) is 3. The van der Waals surface area contributed by atoms with Crippen molar-refractivity contribution in [3.05, 3.63) is 12.7 Å². The minimum Gasteiger partial charge on any atom is -0.397 e. The molecule has 0 rings (SSSR count). The predicted molar refractivity (Wildman–Crippen MR) is 67.5 cm³/mol. The summed E-state index contributed by atoms with van der Waals surface area (Å²) in [5, 5.41) is 3.29. The molecule has 0 spiro atoms. The van der Waals surface area contributed by atoms with E-state index in [0.717, 1.165) is 32.3 Å². The monoisotopic (exact) mass is 231 g/mol. The summed E-state index contributed by atoms with van der Waals surface area (Å²) >= 11 is 0. The van der Waals surface area contributed by atoms with Crippen molar-refractivity contribution in [2.45, 2.75) is 32.7 Å². The van der Waals surface area contributed by atoms with Crippen molar-refractivity contribution >= 4 is 9.28 Å². The molecule has 0 aliphatic carbocycles. The third kappa shape index (κ3) is 10.1. The van der Waals surface area contributed by atoms with Crippen LogP contribution in [-0.2, 0) is 8.85 Å². The second-order valence-corrected chi connectivity index (χ2v) is 5.43. The third-order valence-electron chi connectivity index (χ3n) is 2.04. The zero-order valence-electron chi connectivity index (χ0n) is 10.1. The van der Waals surface area contributed by atoms with Gasteiger partial charge in [-0.25, -0.2) is 0 Å². The van der Waals surface area contributed by atoms with Gasteiger partial charge in [-0.3, -0.25) is 0 Å². The molecule has 90 valence electrons. The van der Waals surface area contributed by atoms with Gasteiger partial charge >= 0.3 is 9.28 Å². The predicted octanol–water partition coefficient (Wildman–Crippen LogP) is 1.84. The molecule has 0 aliphatic rings. The second-order valence-electron chi connectivity index (χ2n) is 3.33. The smallest absolute Gasteiger partial charge is 0.321 e. The van der Waals surface area contributed by atoms with Crippen LogP contribution in [0.1, 0.15) is 26.7 Å². The number of rotatable bonds is 11. The summed E-state index contributed by atoms with van der Waals surface area (Å²) in [6.07, 6.45) is 4.27. The molecule has 0 aromatic rings. The molecule has 15 heavy (non-hydrogen) atoms. The van der Waals surface area contributed by atoms with Crippen molar-refractivity contribution in [2.24, 2.45) is 0 Å². The molecule has 0 aromatic carbocycles. The van der Waals surface area contributed by atoms with Gasteiger partial charge in [-0.15, -0.1) is 6.58 Å². The van der Waals surface area contributed by atoms with Crippen LogP contribution in [0.15, 0.2) is 12.7 Å². The highest BCUT2D eigenvalue weighted by molar-refractivity contribution is 6.44. The van der Waals surface area contributed by atoms with Gasteiger partial charge in [-0.1, -0.05) is 12.5 Å². The van der Waals surface area contributed by atoms with Crippen LogP contribution >= 0.6 is 0 Å². The first-order chi connectivity index (χ1) is 7.35. The molecule has 0 atom stereocenters. The molecule has 3 nitrogen and oxygen atoms in total. The highest BCUT2D eigenvalue weighted by Gasteiger charge is 2.10. The molecule has 0 unspecified atom stereocenters. The van der Waals surface area contributed by atoms with Crippen LogP contribution in [0.2, 0.25) is 6.04 Å². The van der Waals surface area contributed by atoms with Gasteiger partial charge in [0.25, 0.3) is 0 Å². The standard InChI is InChI=1S/C11H25NO2Si/c1-4-9-12-10-7-8-11-15(13-5-2)14-6-3/h4,12,15H,1,5-11H2,2-3H3. The van der Waals surface area contributed by atoms with Crippen LogP contribution in [0.3, 0.4) is 0 Å². The van der Waals surface area contributed by atoms with Crippen LogP contribution in [0, 0.1) is 0 Å². The Hall–Kier alpha value is -0.163. The summed E-state index contributed by atoms with van der Waals surface area (Å²) in [5.74, 6) is 0. The highest BCUT2D eigenvalue weighted by atomic mass is 28.3. The Kier molecular flexibility index (Phi) is 11.8. The Morgan fingerprint density at radius 1 is 1.20 bits per heavy atom. The summed E-state index contributed by atoms with van der Waals surface area (Å²) in [6, 6.07) is 1.12. The SMILES string of the molecule is C=CCNCCCC[SiH](OCC)OCC. The number of hydrogen-bond donors (Lipinski definition) is 1. The molecule has 0 amide bonds. The first kappa shape index (κ1) is 14.8. The fraction of sp³-hybridized carbons (Fsp3) is 0.818. The fourth-order valence-corrected chi connectivity index (χ4v) is 3.15. The van der Waals surface area contributed by atoms with Crippen molar-refractivity contribution in [3.63, 3.8) is 0 Å².